The van der Waals surface area contributed by atoms with Crippen LogP contribution >= 0.6 is 11.6 Å². The van der Waals surface area contributed by atoms with Crippen LogP contribution in [0.1, 0.15) is 37.3 Å². The van der Waals surface area contributed by atoms with Gasteiger partial charge in [0, 0.05) is 23.6 Å². The Labute approximate surface area is 163 Å². The van der Waals surface area contributed by atoms with Crippen LogP contribution in [0.5, 0.6) is 5.75 Å². The number of aromatic hydroxyl groups is 1. The van der Waals surface area contributed by atoms with E-state index in [4.69, 9.17) is 11.6 Å². The Bertz CT molecular complexity index is 848. The fourth-order valence-electron chi connectivity index (χ4n) is 2.37. The van der Waals surface area contributed by atoms with Crippen LogP contribution < -0.4 is 10.7 Å². The van der Waals surface area contributed by atoms with E-state index in [0.29, 0.717) is 22.8 Å². The lowest BCUT2D eigenvalue weighted by atomic mass is 10.1. The zero-order valence-corrected chi connectivity index (χ0v) is 16.0. The number of benzene rings is 2. The van der Waals surface area contributed by atoms with E-state index in [1.54, 1.807) is 42.5 Å². The second-order valence-electron chi connectivity index (χ2n) is 5.95. The second-order valence-corrected chi connectivity index (χ2v) is 6.36. The molecule has 0 aliphatic carbocycles. The molecule has 142 valence electrons. The Balaban J connectivity index is 1.86. The number of hydrogen-bond acceptors (Lipinski definition) is 4. The van der Waals surface area contributed by atoms with Crippen LogP contribution in [0.25, 0.3) is 0 Å². The van der Waals surface area contributed by atoms with Crippen molar-refractivity contribution in [1.82, 2.24) is 5.43 Å². The van der Waals surface area contributed by atoms with Crippen LogP contribution in [0, 0.1) is 6.92 Å². The fraction of sp³-hybridized carbons (Fsp3) is 0.250. The van der Waals surface area contributed by atoms with Crippen molar-refractivity contribution in [2.24, 2.45) is 5.10 Å². The summed E-state index contributed by atoms with van der Waals surface area (Å²) in [7, 11) is 0. The third-order valence-electron chi connectivity index (χ3n) is 3.97. The number of phenols is 1. The van der Waals surface area contributed by atoms with Gasteiger partial charge in [-0.1, -0.05) is 24.6 Å². The number of amides is 2. The van der Waals surface area contributed by atoms with E-state index in [1.807, 2.05) is 13.8 Å². The molecule has 0 spiro atoms. The van der Waals surface area contributed by atoms with Gasteiger partial charge >= 0.3 is 0 Å². The first kappa shape index (κ1) is 20.5. The van der Waals surface area contributed by atoms with E-state index in [2.05, 4.69) is 15.8 Å². The van der Waals surface area contributed by atoms with E-state index < -0.39 is 0 Å². The quantitative estimate of drug-likeness (QED) is 0.495. The van der Waals surface area contributed by atoms with Crippen molar-refractivity contribution in [2.75, 3.05) is 5.32 Å². The molecule has 0 aliphatic rings. The van der Waals surface area contributed by atoms with Crippen molar-refractivity contribution in [2.45, 2.75) is 33.1 Å². The zero-order valence-electron chi connectivity index (χ0n) is 15.3. The summed E-state index contributed by atoms with van der Waals surface area (Å²) >= 11 is 6.02. The summed E-state index contributed by atoms with van der Waals surface area (Å²) in [6.45, 7) is 3.73. The van der Waals surface area contributed by atoms with Crippen molar-refractivity contribution >= 4 is 34.8 Å². The van der Waals surface area contributed by atoms with Gasteiger partial charge in [-0.3, -0.25) is 9.59 Å². The average Bonchev–Trinajstić information content (AvgIpc) is 2.65. The highest BCUT2D eigenvalue weighted by Crippen LogP contribution is 2.23. The van der Waals surface area contributed by atoms with E-state index in [0.717, 1.165) is 11.1 Å². The first-order valence-corrected chi connectivity index (χ1v) is 8.98. The topological polar surface area (TPSA) is 90.8 Å². The summed E-state index contributed by atoms with van der Waals surface area (Å²) in [5, 5.41) is 16.8. The summed E-state index contributed by atoms with van der Waals surface area (Å²) in [5.41, 5.74) is 5.38. The highest BCUT2D eigenvalue weighted by Gasteiger charge is 2.10. The van der Waals surface area contributed by atoms with Gasteiger partial charge in [0.15, 0.2) is 0 Å². The van der Waals surface area contributed by atoms with Gasteiger partial charge in [-0.15, -0.1) is 0 Å². The minimum absolute atomic E-state index is 0.0154. The second kappa shape index (κ2) is 9.73. The lowest BCUT2D eigenvalue weighted by Gasteiger charge is -2.09. The van der Waals surface area contributed by atoms with Gasteiger partial charge in [0.1, 0.15) is 5.75 Å². The van der Waals surface area contributed by atoms with E-state index in [-0.39, 0.29) is 30.4 Å². The molecule has 27 heavy (non-hydrogen) atoms. The van der Waals surface area contributed by atoms with Crippen LogP contribution in [0.15, 0.2) is 47.6 Å². The Morgan fingerprint density at radius 1 is 1.07 bits per heavy atom. The van der Waals surface area contributed by atoms with Crippen LogP contribution in [0.4, 0.5) is 5.69 Å². The molecule has 3 N–H and O–H groups in total. The van der Waals surface area contributed by atoms with Gasteiger partial charge in [-0.05, 0) is 60.9 Å². The maximum atomic E-state index is 12.0. The van der Waals surface area contributed by atoms with Crippen molar-refractivity contribution in [3.63, 3.8) is 0 Å². The van der Waals surface area contributed by atoms with E-state index in [1.165, 1.54) is 0 Å². The Morgan fingerprint density at radius 3 is 2.41 bits per heavy atom. The maximum Gasteiger partial charge on any atom is 0.240 e. The number of halogens is 1. The fourth-order valence-corrected chi connectivity index (χ4v) is 2.54. The molecular weight excluding hydrogens is 366 g/mol. The van der Waals surface area contributed by atoms with Gasteiger partial charge in [-0.25, -0.2) is 5.43 Å². The molecule has 6 nitrogen and oxygen atoms in total. The Kier molecular flexibility index (Phi) is 7.37. The molecule has 0 atom stereocenters. The lowest BCUT2D eigenvalue weighted by molar-refractivity contribution is -0.124. The summed E-state index contributed by atoms with van der Waals surface area (Å²) in [6.07, 6.45) is 0.662. The van der Waals surface area contributed by atoms with E-state index in [9.17, 15) is 14.7 Å². The SMILES string of the molecule is CCC(=NNC(=O)CCC(=O)Nc1cccc(Cl)c1C)c1ccc(O)cc1. The number of nitrogens with zero attached hydrogens (tertiary/aromatic N) is 1. The molecule has 0 unspecified atom stereocenters. The molecule has 2 amide bonds. The van der Waals surface area contributed by atoms with E-state index >= 15 is 0 Å². The molecule has 2 aromatic rings. The van der Waals surface area contributed by atoms with Gasteiger partial charge < -0.3 is 10.4 Å². The molecule has 0 aliphatic heterocycles. The molecule has 0 saturated carbocycles. The number of nitrogens with one attached hydrogen (secondary N) is 2. The third-order valence-corrected chi connectivity index (χ3v) is 4.38. The molecular formula is C20H22ClN3O3. The number of hydrogen-bond donors (Lipinski definition) is 3. The van der Waals surface area contributed by atoms with Crippen LogP contribution in [0.3, 0.4) is 0 Å². The normalized spacial score (nSPS) is 11.1. The molecule has 7 heteroatoms. The van der Waals surface area contributed by atoms with Crippen molar-refractivity contribution in [3.8, 4) is 5.75 Å². The molecule has 0 fully saturated rings. The predicted molar refractivity (Wildman–Crippen MR) is 107 cm³/mol. The third kappa shape index (κ3) is 6.11. The monoisotopic (exact) mass is 387 g/mol. The molecule has 0 saturated heterocycles. The highest BCUT2D eigenvalue weighted by molar-refractivity contribution is 6.31. The number of anilines is 1. The average molecular weight is 388 g/mol. The molecule has 0 heterocycles. The van der Waals surface area contributed by atoms with Crippen molar-refractivity contribution in [1.29, 1.82) is 0 Å². The minimum atomic E-state index is -0.349. The minimum Gasteiger partial charge on any atom is -0.508 e. The first-order valence-electron chi connectivity index (χ1n) is 8.60. The summed E-state index contributed by atoms with van der Waals surface area (Å²) in [6, 6.07) is 11.8. The molecule has 0 bridgehead atoms. The Hall–Kier alpha value is -2.86. The van der Waals surface area contributed by atoms with Crippen molar-refractivity contribution < 1.29 is 14.7 Å². The Morgan fingerprint density at radius 2 is 1.74 bits per heavy atom. The zero-order chi connectivity index (χ0) is 19.8. The van der Waals surface area contributed by atoms with Crippen molar-refractivity contribution in [3.05, 3.63) is 58.6 Å². The number of phenolic OH excluding ortho intramolecular Hbond substituents is 1. The molecule has 0 radical (unpaired) electrons. The number of rotatable bonds is 7. The maximum absolute atomic E-state index is 12.0. The van der Waals surface area contributed by atoms with Crippen LogP contribution in [0.2, 0.25) is 5.02 Å². The van der Waals surface area contributed by atoms with Gasteiger partial charge in [0.2, 0.25) is 11.8 Å². The smallest absolute Gasteiger partial charge is 0.240 e. The molecule has 0 aromatic heterocycles. The molecule has 2 aromatic carbocycles. The number of carbonyl (C=O) groups excluding carboxylic acids is 2. The van der Waals surface area contributed by atoms with Gasteiger partial charge in [0.25, 0.3) is 0 Å². The molecule has 2 rings (SSSR count). The van der Waals surface area contributed by atoms with Gasteiger partial charge in [-0.2, -0.15) is 5.10 Å². The number of hydrazone groups is 1. The highest BCUT2D eigenvalue weighted by atomic mass is 35.5. The van der Waals surface area contributed by atoms with Crippen LogP contribution in [-0.4, -0.2) is 22.6 Å². The largest absolute Gasteiger partial charge is 0.508 e. The lowest BCUT2D eigenvalue weighted by Crippen LogP contribution is -2.22. The summed E-state index contributed by atoms with van der Waals surface area (Å²) < 4.78 is 0. The summed E-state index contributed by atoms with van der Waals surface area (Å²) in [5.74, 6) is -0.453. The standard InChI is InChI=1S/C20H22ClN3O3/c1-3-17(14-7-9-15(25)10-8-14)23-24-20(27)12-11-19(26)22-18-6-4-5-16(21)13(18)2/h4-10,25H,3,11-12H2,1-2H3,(H,22,26)(H,24,27). The van der Waals surface area contributed by atoms with Crippen LogP contribution in [-0.2, 0) is 9.59 Å². The number of carbonyl (C=O) groups is 2. The summed E-state index contributed by atoms with van der Waals surface area (Å²) in [4.78, 5) is 24.0. The predicted octanol–water partition coefficient (Wildman–Crippen LogP) is 4.00. The van der Waals surface area contributed by atoms with Gasteiger partial charge in [0.05, 0.1) is 5.71 Å². The first-order chi connectivity index (χ1) is 12.9.